The van der Waals surface area contributed by atoms with Crippen molar-refractivity contribution in [2.24, 2.45) is 0 Å². The summed E-state index contributed by atoms with van der Waals surface area (Å²) in [5.74, 6) is -1.43. The van der Waals surface area contributed by atoms with Crippen LogP contribution in [-0.2, 0) is 4.79 Å². The molecule has 1 aliphatic heterocycles. The van der Waals surface area contributed by atoms with Gasteiger partial charge in [0.05, 0.1) is 16.1 Å². The molecule has 0 atom stereocenters. The van der Waals surface area contributed by atoms with Crippen molar-refractivity contribution in [3.05, 3.63) is 62.5 Å². The lowest BCUT2D eigenvalue weighted by atomic mass is 10.1. The Morgan fingerprint density at radius 3 is 2.62 bits per heavy atom. The lowest BCUT2D eigenvalue weighted by Crippen LogP contribution is -2.19. The quantitative estimate of drug-likeness (QED) is 0.382. The molecule has 1 aromatic carbocycles. The average Bonchev–Trinajstić information content (AvgIpc) is 3.11. The van der Waals surface area contributed by atoms with Crippen molar-refractivity contribution in [1.29, 1.82) is 0 Å². The molecule has 0 saturated carbocycles. The summed E-state index contributed by atoms with van der Waals surface area (Å²) in [5, 5.41) is 15.3. The first-order valence-corrected chi connectivity index (χ1v) is 7.49. The number of amides is 3. The number of thiophene rings is 1. The van der Waals surface area contributed by atoms with Gasteiger partial charge in [0.1, 0.15) is 0 Å². The highest BCUT2D eigenvalue weighted by molar-refractivity contribution is 7.16. The smallest absolute Gasteiger partial charge is 0.322 e. The highest BCUT2D eigenvalue weighted by Crippen LogP contribution is 2.25. The fraction of sp³-hybridized carbons (Fsp3) is 0. The molecule has 3 amide bonds. The van der Waals surface area contributed by atoms with Crippen LogP contribution in [0.25, 0.3) is 6.08 Å². The average molecular weight is 343 g/mol. The molecule has 2 aromatic rings. The van der Waals surface area contributed by atoms with Crippen molar-refractivity contribution in [3.8, 4) is 0 Å². The molecular weight excluding hydrogens is 334 g/mol. The van der Waals surface area contributed by atoms with Crippen molar-refractivity contribution in [2.75, 3.05) is 5.32 Å². The van der Waals surface area contributed by atoms with Crippen molar-refractivity contribution in [3.63, 3.8) is 0 Å². The van der Waals surface area contributed by atoms with Gasteiger partial charge < -0.3 is 5.32 Å². The molecule has 0 saturated heterocycles. The molecule has 120 valence electrons. The largest absolute Gasteiger partial charge is 0.324 e. The second-order valence-corrected chi connectivity index (χ2v) is 5.89. The van der Waals surface area contributed by atoms with E-state index in [4.69, 9.17) is 0 Å². The number of fused-ring (bicyclic) bond motifs is 1. The van der Waals surface area contributed by atoms with E-state index in [0.29, 0.717) is 10.6 Å². The fourth-order valence-corrected chi connectivity index (χ4v) is 2.84. The summed E-state index contributed by atoms with van der Waals surface area (Å²) in [6.07, 6.45) is 2.69. The number of benzene rings is 1. The molecule has 0 bridgehead atoms. The number of imide groups is 1. The third-order valence-electron chi connectivity index (χ3n) is 3.19. The van der Waals surface area contributed by atoms with Crippen LogP contribution in [0.4, 0.5) is 10.7 Å². The van der Waals surface area contributed by atoms with E-state index in [0.717, 1.165) is 11.3 Å². The van der Waals surface area contributed by atoms with Crippen molar-refractivity contribution in [2.45, 2.75) is 0 Å². The fourth-order valence-electron chi connectivity index (χ4n) is 2.12. The molecule has 3 rings (SSSR count). The Hall–Kier alpha value is -3.33. The number of hydrogen-bond donors (Lipinski definition) is 2. The normalized spacial score (nSPS) is 13.0. The van der Waals surface area contributed by atoms with Crippen LogP contribution < -0.4 is 10.6 Å². The van der Waals surface area contributed by atoms with E-state index >= 15 is 0 Å². The number of nitro groups is 1. The number of anilines is 1. The summed E-state index contributed by atoms with van der Waals surface area (Å²) in [5.41, 5.74) is 0.834. The van der Waals surface area contributed by atoms with Gasteiger partial charge in [0, 0.05) is 22.7 Å². The first-order valence-electron chi connectivity index (χ1n) is 6.67. The summed E-state index contributed by atoms with van der Waals surface area (Å²) < 4.78 is 0. The van der Waals surface area contributed by atoms with Crippen LogP contribution in [-0.4, -0.2) is 22.6 Å². The Morgan fingerprint density at radius 2 is 1.92 bits per heavy atom. The number of nitrogens with one attached hydrogen (secondary N) is 2. The van der Waals surface area contributed by atoms with Gasteiger partial charge in [-0.1, -0.05) is 11.3 Å². The summed E-state index contributed by atoms with van der Waals surface area (Å²) >= 11 is 0.950. The third kappa shape index (κ3) is 3.06. The predicted molar refractivity (Wildman–Crippen MR) is 86.9 cm³/mol. The minimum atomic E-state index is -0.507. The number of nitrogens with zero attached hydrogens (tertiary/aromatic N) is 1. The highest BCUT2D eigenvalue weighted by atomic mass is 32.1. The monoisotopic (exact) mass is 343 g/mol. The second kappa shape index (κ2) is 6.05. The maximum Gasteiger partial charge on any atom is 0.324 e. The standard InChI is InChI=1S/C15H9N3O5S/c19-12(5-2-9-3-6-13(24-9)18(22)23)16-8-1-4-10-11(7-8)15(21)17-14(10)20/h1-7H,(H,16,19)(H,17,20,21). The van der Waals surface area contributed by atoms with E-state index in [2.05, 4.69) is 10.6 Å². The molecule has 0 spiro atoms. The van der Waals surface area contributed by atoms with Crippen molar-refractivity contribution in [1.82, 2.24) is 5.32 Å². The Labute approximate surface area is 138 Å². The van der Waals surface area contributed by atoms with Gasteiger partial charge in [0.15, 0.2) is 0 Å². The lowest BCUT2D eigenvalue weighted by Gasteiger charge is -2.03. The van der Waals surface area contributed by atoms with Gasteiger partial charge in [-0.05, 0) is 30.3 Å². The van der Waals surface area contributed by atoms with Gasteiger partial charge in [-0.3, -0.25) is 29.8 Å². The molecule has 2 heterocycles. The number of hydrogen-bond acceptors (Lipinski definition) is 6. The first-order chi connectivity index (χ1) is 11.4. The van der Waals surface area contributed by atoms with Crippen LogP contribution >= 0.6 is 11.3 Å². The van der Waals surface area contributed by atoms with Crippen LogP contribution in [0.1, 0.15) is 25.6 Å². The summed E-state index contributed by atoms with van der Waals surface area (Å²) in [4.78, 5) is 45.5. The minimum absolute atomic E-state index is 0.00985. The molecule has 1 aliphatic rings. The molecular formula is C15H9N3O5S. The van der Waals surface area contributed by atoms with E-state index in [1.807, 2.05) is 0 Å². The summed E-state index contributed by atoms with van der Waals surface area (Å²) in [6, 6.07) is 7.28. The maximum atomic E-state index is 11.9. The Kier molecular flexibility index (Phi) is 3.92. The first kappa shape index (κ1) is 15.6. The zero-order valence-corrected chi connectivity index (χ0v) is 12.8. The van der Waals surface area contributed by atoms with Crippen LogP contribution in [0.2, 0.25) is 0 Å². The SMILES string of the molecule is O=C(C=Cc1ccc([N+](=O)[O-])s1)Nc1ccc2c(c1)C(=O)NC2=O. The Bertz CT molecular complexity index is 916. The molecule has 24 heavy (non-hydrogen) atoms. The molecule has 2 N–H and O–H groups in total. The van der Waals surface area contributed by atoms with Crippen LogP contribution in [0, 0.1) is 10.1 Å². The molecule has 0 aliphatic carbocycles. The lowest BCUT2D eigenvalue weighted by molar-refractivity contribution is -0.380. The highest BCUT2D eigenvalue weighted by Gasteiger charge is 2.26. The van der Waals surface area contributed by atoms with E-state index in [-0.39, 0.29) is 16.1 Å². The zero-order chi connectivity index (χ0) is 17.3. The molecule has 0 fully saturated rings. The van der Waals surface area contributed by atoms with Gasteiger partial charge in [0.2, 0.25) is 5.91 Å². The van der Waals surface area contributed by atoms with Gasteiger partial charge in [-0.2, -0.15) is 0 Å². The Balaban J connectivity index is 1.70. The van der Waals surface area contributed by atoms with Crippen molar-refractivity contribution < 1.29 is 19.3 Å². The van der Waals surface area contributed by atoms with Gasteiger partial charge >= 0.3 is 5.00 Å². The zero-order valence-electron chi connectivity index (χ0n) is 11.9. The van der Waals surface area contributed by atoms with Crippen LogP contribution in [0.3, 0.4) is 0 Å². The van der Waals surface area contributed by atoms with Gasteiger partial charge in [-0.25, -0.2) is 0 Å². The molecule has 1 aromatic heterocycles. The van der Waals surface area contributed by atoms with Gasteiger partial charge in [0.25, 0.3) is 11.8 Å². The predicted octanol–water partition coefficient (Wildman–Crippen LogP) is 2.19. The Morgan fingerprint density at radius 1 is 1.17 bits per heavy atom. The second-order valence-electron chi connectivity index (χ2n) is 4.80. The summed E-state index contributed by atoms with van der Waals surface area (Å²) in [7, 11) is 0. The van der Waals surface area contributed by atoms with Gasteiger partial charge in [-0.15, -0.1) is 0 Å². The van der Waals surface area contributed by atoms with E-state index < -0.39 is 22.6 Å². The van der Waals surface area contributed by atoms with Crippen molar-refractivity contribution >= 4 is 45.8 Å². The van der Waals surface area contributed by atoms with Crippen LogP contribution in [0.5, 0.6) is 0 Å². The maximum absolute atomic E-state index is 11.9. The van der Waals surface area contributed by atoms with E-state index in [1.54, 1.807) is 0 Å². The minimum Gasteiger partial charge on any atom is -0.322 e. The van der Waals surface area contributed by atoms with Crippen LogP contribution in [0.15, 0.2) is 36.4 Å². The number of carbonyl (C=O) groups is 3. The molecule has 0 unspecified atom stereocenters. The topological polar surface area (TPSA) is 118 Å². The molecule has 0 radical (unpaired) electrons. The number of carbonyl (C=O) groups excluding carboxylic acids is 3. The van der Waals surface area contributed by atoms with E-state index in [1.165, 1.54) is 42.5 Å². The van der Waals surface area contributed by atoms with E-state index in [9.17, 15) is 24.5 Å². The molecule has 9 heteroatoms. The summed E-state index contributed by atoms with van der Waals surface area (Å²) in [6.45, 7) is 0. The molecule has 8 nitrogen and oxygen atoms in total. The number of rotatable bonds is 4. The third-order valence-corrected chi connectivity index (χ3v) is 4.20.